The van der Waals surface area contributed by atoms with Crippen molar-refractivity contribution in [2.75, 3.05) is 19.7 Å². The second-order valence-corrected chi connectivity index (χ2v) is 5.91. The van der Waals surface area contributed by atoms with Crippen LogP contribution in [0.4, 0.5) is 0 Å². The van der Waals surface area contributed by atoms with Gasteiger partial charge in [0, 0.05) is 24.2 Å². The van der Waals surface area contributed by atoms with Gasteiger partial charge in [0.2, 0.25) is 5.91 Å². The normalized spacial score (nSPS) is 10.8. The molecule has 0 aliphatic rings. The van der Waals surface area contributed by atoms with Gasteiger partial charge in [-0.05, 0) is 37.1 Å². The molecule has 0 bridgehead atoms. The molecule has 132 valence electrons. The molecule has 24 heavy (non-hydrogen) atoms. The Balaban J connectivity index is 2.63. The van der Waals surface area contributed by atoms with Crippen LogP contribution in [-0.4, -0.2) is 36.5 Å². The maximum atomic E-state index is 12.4. The number of rotatable bonds is 10. The molecule has 0 atom stereocenters. The number of unbranched alkanes of at least 4 members (excludes halogenated alkanes) is 2. The quantitative estimate of drug-likeness (QED) is 0.358. The molecule has 1 aromatic carbocycles. The SMILES string of the molecule is CCCCCN(CCC(=O)OCC)C(=O)/C=C/c1ccc(Cl)cc1. The predicted molar refractivity (Wildman–Crippen MR) is 97.8 cm³/mol. The molecule has 0 aliphatic heterocycles. The fourth-order valence-electron chi connectivity index (χ4n) is 2.19. The zero-order chi connectivity index (χ0) is 17.8. The molecular formula is C19H26ClNO3. The molecule has 0 radical (unpaired) electrons. The number of amides is 1. The molecule has 1 rings (SSSR count). The third-order valence-electron chi connectivity index (χ3n) is 3.52. The van der Waals surface area contributed by atoms with Crippen LogP contribution in [0.2, 0.25) is 5.02 Å². The van der Waals surface area contributed by atoms with Gasteiger partial charge in [0.1, 0.15) is 0 Å². The summed E-state index contributed by atoms with van der Waals surface area (Å²) in [6.45, 7) is 5.28. The van der Waals surface area contributed by atoms with Crippen LogP contribution in [0.1, 0.15) is 45.1 Å². The molecule has 5 heteroatoms. The Morgan fingerprint density at radius 1 is 1.12 bits per heavy atom. The van der Waals surface area contributed by atoms with E-state index in [1.807, 2.05) is 12.1 Å². The Bertz CT molecular complexity index is 540. The van der Waals surface area contributed by atoms with Crippen molar-refractivity contribution in [1.29, 1.82) is 0 Å². The van der Waals surface area contributed by atoms with Crippen LogP contribution in [0.3, 0.4) is 0 Å². The van der Waals surface area contributed by atoms with Crippen molar-refractivity contribution in [1.82, 2.24) is 4.90 Å². The van der Waals surface area contributed by atoms with Gasteiger partial charge >= 0.3 is 5.97 Å². The molecule has 1 aromatic rings. The van der Waals surface area contributed by atoms with Gasteiger partial charge in [-0.1, -0.05) is 43.5 Å². The van der Waals surface area contributed by atoms with Crippen LogP contribution in [-0.2, 0) is 14.3 Å². The van der Waals surface area contributed by atoms with Crippen LogP contribution in [0.15, 0.2) is 30.3 Å². The molecule has 4 nitrogen and oxygen atoms in total. The molecule has 0 aromatic heterocycles. The third-order valence-corrected chi connectivity index (χ3v) is 3.77. The average Bonchev–Trinajstić information content (AvgIpc) is 2.57. The van der Waals surface area contributed by atoms with Crippen LogP contribution >= 0.6 is 11.6 Å². The Hall–Kier alpha value is -1.81. The van der Waals surface area contributed by atoms with Crippen LogP contribution < -0.4 is 0 Å². The number of hydrogen-bond donors (Lipinski definition) is 0. The highest BCUT2D eigenvalue weighted by atomic mass is 35.5. The van der Waals surface area contributed by atoms with Crippen molar-refractivity contribution >= 4 is 29.6 Å². The fraction of sp³-hybridized carbons (Fsp3) is 0.474. The van der Waals surface area contributed by atoms with Crippen molar-refractivity contribution in [2.24, 2.45) is 0 Å². The van der Waals surface area contributed by atoms with E-state index in [0.29, 0.717) is 24.7 Å². The standard InChI is InChI=1S/C19H26ClNO3/c1-3-5-6-14-21(15-13-19(23)24-4-2)18(22)12-9-16-7-10-17(20)11-8-16/h7-12H,3-6,13-15H2,1-2H3/b12-9+. The van der Waals surface area contributed by atoms with E-state index in [0.717, 1.165) is 24.8 Å². The van der Waals surface area contributed by atoms with Crippen molar-refractivity contribution in [2.45, 2.75) is 39.5 Å². The average molecular weight is 352 g/mol. The second-order valence-electron chi connectivity index (χ2n) is 5.47. The van der Waals surface area contributed by atoms with E-state index >= 15 is 0 Å². The van der Waals surface area contributed by atoms with Gasteiger partial charge in [0.15, 0.2) is 0 Å². The number of hydrogen-bond acceptors (Lipinski definition) is 3. The highest BCUT2D eigenvalue weighted by Gasteiger charge is 2.13. The zero-order valence-electron chi connectivity index (χ0n) is 14.5. The largest absolute Gasteiger partial charge is 0.466 e. The van der Waals surface area contributed by atoms with Crippen LogP contribution in [0.5, 0.6) is 0 Å². The van der Waals surface area contributed by atoms with E-state index in [2.05, 4.69) is 6.92 Å². The topological polar surface area (TPSA) is 46.6 Å². The number of halogens is 1. The number of carbonyl (C=O) groups is 2. The zero-order valence-corrected chi connectivity index (χ0v) is 15.2. The molecule has 0 saturated heterocycles. The predicted octanol–water partition coefficient (Wildman–Crippen LogP) is 4.33. The number of benzene rings is 1. The van der Waals surface area contributed by atoms with E-state index in [-0.39, 0.29) is 18.3 Å². The van der Waals surface area contributed by atoms with E-state index in [1.54, 1.807) is 36.1 Å². The van der Waals surface area contributed by atoms with E-state index in [4.69, 9.17) is 16.3 Å². The monoisotopic (exact) mass is 351 g/mol. The number of esters is 1. The fourth-order valence-corrected chi connectivity index (χ4v) is 2.32. The molecule has 0 spiro atoms. The van der Waals surface area contributed by atoms with Gasteiger partial charge in [-0.25, -0.2) is 0 Å². The second kappa shape index (κ2) is 11.7. The first-order valence-corrected chi connectivity index (χ1v) is 8.82. The van der Waals surface area contributed by atoms with Gasteiger partial charge in [0.05, 0.1) is 13.0 Å². The van der Waals surface area contributed by atoms with E-state index in [9.17, 15) is 9.59 Å². The molecule has 0 fully saturated rings. The van der Waals surface area contributed by atoms with Crippen LogP contribution in [0, 0.1) is 0 Å². The van der Waals surface area contributed by atoms with Crippen molar-refractivity contribution in [3.05, 3.63) is 40.9 Å². The molecule has 0 unspecified atom stereocenters. The minimum absolute atomic E-state index is 0.0923. The lowest BCUT2D eigenvalue weighted by Crippen LogP contribution is -2.33. The number of ether oxygens (including phenoxy) is 1. The highest BCUT2D eigenvalue weighted by molar-refractivity contribution is 6.30. The Morgan fingerprint density at radius 3 is 2.46 bits per heavy atom. The lowest BCUT2D eigenvalue weighted by Gasteiger charge is -2.20. The lowest BCUT2D eigenvalue weighted by molar-refractivity contribution is -0.143. The summed E-state index contributed by atoms with van der Waals surface area (Å²) in [6.07, 6.45) is 6.60. The summed E-state index contributed by atoms with van der Waals surface area (Å²) < 4.78 is 4.93. The Labute approximate surface area is 149 Å². The van der Waals surface area contributed by atoms with Gasteiger partial charge in [-0.2, -0.15) is 0 Å². The Kier molecular flexibility index (Phi) is 9.85. The van der Waals surface area contributed by atoms with Gasteiger partial charge < -0.3 is 9.64 Å². The van der Waals surface area contributed by atoms with Gasteiger partial charge in [0.25, 0.3) is 0 Å². The summed E-state index contributed by atoms with van der Waals surface area (Å²) in [7, 11) is 0. The van der Waals surface area contributed by atoms with Crippen LogP contribution in [0.25, 0.3) is 6.08 Å². The summed E-state index contributed by atoms with van der Waals surface area (Å²) >= 11 is 5.85. The molecule has 0 saturated carbocycles. The first-order chi connectivity index (χ1) is 11.6. The van der Waals surface area contributed by atoms with Gasteiger partial charge in [-0.15, -0.1) is 0 Å². The smallest absolute Gasteiger partial charge is 0.307 e. The molecule has 0 heterocycles. The summed E-state index contributed by atoms with van der Waals surface area (Å²) in [4.78, 5) is 25.6. The maximum absolute atomic E-state index is 12.4. The first-order valence-electron chi connectivity index (χ1n) is 8.45. The minimum atomic E-state index is -0.271. The maximum Gasteiger partial charge on any atom is 0.307 e. The molecule has 1 amide bonds. The number of nitrogens with zero attached hydrogens (tertiary/aromatic N) is 1. The summed E-state index contributed by atoms with van der Waals surface area (Å²) in [5, 5.41) is 0.661. The third kappa shape index (κ3) is 8.16. The first kappa shape index (κ1) is 20.2. The summed E-state index contributed by atoms with van der Waals surface area (Å²) in [5.74, 6) is -0.363. The van der Waals surface area contributed by atoms with Crippen molar-refractivity contribution < 1.29 is 14.3 Å². The minimum Gasteiger partial charge on any atom is -0.466 e. The summed E-state index contributed by atoms with van der Waals surface area (Å²) in [5.41, 5.74) is 0.909. The van der Waals surface area contributed by atoms with E-state index in [1.165, 1.54) is 0 Å². The molecular weight excluding hydrogens is 326 g/mol. The lowest BCUT2D eigenvalue weighted by atomic mass is 10.2. The molecule has 0 aliphatic carbocycles. The van der Waals surface area contributed by atoms with Gasteiger partial charge in [-0.3, -0.25) is 9.59 Å². The van der Waals surface area contributed by atoms with Crippen molar-refractivity contribution in [3.63, 3.8) is 0 Å². The summed E-state index contributed by atoms with van der Waals surface area (Å²) in [6, 6.07) is 7.27. The molecule has 0 N–H and O–H groups in total. The number of carbonyl (C=O) groups excluding carboxylic acids is 2. The Morgan fingerprint density at radius 2 is 1.83 bits per heavy atom. The van der Waals surface area contributed by atoms with E-state index < -0.39 is 0 Å². The highest BCUT2D eigenvalue weighted by Crippen LogP contribution is 2.11. The van der Waals surface area contributed by atoms with Crippen molar-refractivity contribution in [3.8, 4) is 0 Å².